The van der Waals surface area contributed by atoms with Gasteiger partial charge in [0.15, 0.2) is 0 Å². The van der Waals surface area contributed by atoms with Crippen LogP contribution in [0.15, 0.2) is 0 Å². The van der Waals surface area contributed by atoms with E-state index in [1.807, 2.05) is 0 Å². The Morgan fingerprint density at radius 3 is 2.58 bits per heavy atom. The van der Waals surface area contributed by atoms with E-state index in [0.29, 0.717) is 12.5 Å². The summed E-state index contributed by atoms with van der Waals surface area (Å²) in [6.07, 6.45) is 3.42. The number of aliphatic carboxylic acids is 1. The van der Waals surface area contributed by atoms with Crippen molar-refractivity contribution in [1.82, 2.24) is 0 Å². The molecule has 1 fully saturated rings. The average molecular weight is 171 g/mol. The molecule has 0 radical (unpaired) electrons. The summed E-state index contributed by atoms with van der Waals surface area (Å²) in [5.74, 6) is 0.00269. The third-order valence-corrected chi connectivity index (χ3v) is 2.98. The maximum atomic E-state index is 10.5. The number of carboxylic acid groups (broad SMARTS) is 1. The molecule has 0 saturated heterocycles. The van der Waals surface area contributed by atoms with Crippen LogP contribution in [0.3, 0.4) is 0 Å². The van der Waals surface area contributed by atoms with Crippen LogP contribution in [0.5, 0.6) is 0 Å². The number of carboxylic acids is 1. The first kappa shape index (κ1) is 9.52. The van der Waals surface area contributed by atoms with Gasteiger partial charge in [-0.15, -0.1) is 0 Å². The average Bonchev–Trinajstić information content (AvgIpc) is 1.95. The smallest absolute Gasteiger partial charge is 0.303 e. The fraction of sp³-hybridized carbons (Fsp3) is 0.889. The minimum atomic E-state index is -0.713. The molecule has 1 saturated carbocycles. The van der Waals surface area contributed by atoms with Gasteiger partial charge in [-0.25, -0.2) is 0 Å². The van der Waals surface area contributed by atoms with Gasteiger partial charge < -0.3 is 10.8 Å². The molecule has 1 aliphatic carbocycles. The van der Waals surface area contributed by atoms with E-state index in [9.17, 15) is 4.79 Å². The van der Waals surface area contributed by atoms with Crippen molar-refractivity contribution in [2.75, 3.05) is 6.54 Å². The summed E-state index contributed by atoms with van der Waals surface area (Å²) in [7, 11) is 0. The van der Waals surface area contributed by atoms with Crippen molar-refractivity contribution in [1.29, 1.82) is 0 Å². The standard InChI is InChI=1S/C9H17NO2/c1-2-7-3-9(4-7,6-10)5-8(11)12/h7H,2-6,10H2,1H3,(H,11,12)/t7-,9+. The molecule has 3 nitrogen and oxygen atoms in total. The predicted molar refractivity (Wildman–Crippen MR) is 46.8 cm³/mol. The first-order valence-electron chi connectivity index (χ1n) is 4.54. The van der Waals surface area contributed by atoms with Crippen LogP contribution in [-0.4, -0.2) is 17.6 Å². The maximum absolute atomic E-state index is 10.5. The van der Waals surface area contributed by atoms with Gasteiger partial charge in [-0.2, -0.15) is 0 Å². The van der Waals surface area contributed by atoms with E-state index < -0.39 is 5.97 Å². The van der Waals surface area contributed by atoms with Crippen LogP contribution in [-0.2, 0) is 4.79 Å². The SMILES string of the molecule is CC[C@H]1C[C@](CN)(CC(=O)O)C1. The molecule has 0 aromatic rings. The molecule has 1 aliphatic rings. The summed E-state index contributed by atoms with van der Waals surface area (Å²) >= 11 is 0. The van der Waals surface area contributed by atoms with Crippen LogP contribution in [0, 0.1) is 11.3 Å². The lowest BCUT2D eigenvalue weighted by Crippen LogP contribution is -2.44. The summed E-state index contributed by atoms with van der Waals surface area (Å²) in [4.78, 5) is 10.5. The summed E-state index contributed by atoms with van der Waals surface area (Å²) in [6.45, 7) is 2.67. The van der Waals surface area contributed by atoms with E-state index in [1.54, 1.807) is 0 Å². The van der Waals surface area contributed by atoms with E-state index in [-0.39, 0.29) is 11.8 Å². The van der Waals surface area contributed by atoms with Crippen LogP contribution < -0.4 is 5.73 Å². The van der Waals surface area contributed by atoms with Crippen molar-refractivity contribution >= 4 is 5.97 Å². The highest BCUT2D eigenvalue weighted by Gasteiger charge is 2.43. The molecule has 70 valence electrons. The number of hydrogen-bond acceptors (Lipinski definition) is 2. The molecule has 1 rings (SSSR count). The lowest BCUT2D eigenvalue weighted by molar-refractivity contribution is -0.142. The van der Waals surface area contributed by atoms with Gasteiger partial charge in [-0.05, 0) is 30.7 Å². The van der Waals surface area contributed by atoms with Crippen molar-refractivity contribution < 1.29 is 9.90 Å². The summed E-state index contributed by atoms with van der Waals surface area (Å²) in [5, 5.41) is 8.65. The molecule has 0 spiro atoms. The largest absolute Gasteiger partial charge is 0.481 e. The summed E-state index contributed by atoms with van der Waals surface area (Å²) < 4.78 is 0. The fourth-order valence-corrected chi connectivity index (χ4v) is 2.16. The highest BCUT2D eigenvalue weighted by atomic mass is 16.4. The molecule has 0 aromatic carbocycles. The highest BCUT2D eigenvalue weighted by molar-refractivity contribution is 5.68. The fourth-order valence-electron chi connectivity index (χ4n) is 2.16. The molecule has 0 aromatic heterocycles. The third-order valence-electron chi connectivity index (χ3n) is 2.98. The number of rotatable bonds is 4. The first-order valence-corrected chi connectivity index (χ1v) is 4.54. The molecular weight excluding hydrogens is 154 g/mol. The molecule has 0 amide bonds. The zero-order valence-electron chi connectivity index (χ0n) is 7.55. The van der Waals surface area contributed by atoms with Crippen LogP contribution >= 0.6 is 0 Å². The Morgan fingerprint density at radius 1 is 1.67 bits per heavy atom. The topological polar surface area (TPSA) is 63.3 Å². The van der Waals surface area contributed by atoms with Gasteiger partial charge in [0.1, 0.15) is 0 Å². The Hall–Kier alpha value is -0.570. The van der Waals surface area contributed by atoms with Gasteiger partial charge in [-0.1, -0.05) is 13.3 Å². The highest BCUT2D eigenvalue weighted by Crippen LogP contribution is 2.48. The van der Waals surface area contributed by atoms with E-state index in [1.165, 1.54) is 0 Å². The van der Waals surface area contributed by atoms with Crippen LogP contribution in [0.2, 0.25) is 0 Å². The molecular formula is C9H17NO2. The van der Waals surface area contributed by atoms with E-state index in [0.717, 1.165) is 19.3 Å². The van der Waals surface area contributed by atoms with Gasteiger partial charge in [-0.3, -0.25) is 4.79 Å². The molecule has 0 heterocycles. The van der Waals surface area contributed by atoms with Gasteiger partial charge in [0, 0.05) is 0 Å². The summed E-state index contributed by atoms with van der Waals surface area (Å²) in [6, 6.07) is 0. The second-order valence-electron chi connectivity index (χ2n) is 3.96. The van der Waals surface area contributed by atoms with Crippen LogP contribution in [0.1, 0.15) is 32.6 Å². The normalized spacial score (nSPS) is 34.3. The minimum absolute atomic E-state index is 0.0630. The Balaban J connectivity index is 2.41. The lowest BCUT2D eigenvalue weighted by Gasteiger charge is -2.46. The first-order chi connectivity index (χ1) is 5.62. The third kappa shape index (κ3) is 1.78. The van der Waals surface area contributed by atoms with Gasteiger partial charge in [0.25, 0.3) is 0 Å². The second-order valence-corrected chi connectivity index (χ2v) is 3.96. The molecule has 3 heteroatoms. The zero-order chi connectivity index (χ0) is 9.19. The van der Waals surface area contributed by atoms with Gasteiger partial charge in [0.05, 0.1) is 6.42 Å². The van der Waals surface area contributed by atoms with E-state index in [4.69, 9.17) is 10.8 Å². The van der Waals surface area contributed by atoms with Crippen molar-refractivity contribution in [2.45, 2.75) is 32.6 Å². The molecule has 12 heavy (non-hydrogen) atoms. The Morgan fingerprint density at radius 2 is 2.25 bits per heavy atom. The molecule has 3 N–H and O–H groups in total. The van der Waals surface area contributed by atoms with Crippen molar-refractivity contribution in [3.8, 4) is 0 Å². The quantitative estimate of drug-likeness (QED) is 0.668. The van der Waals surface area contributed by atoms with Crippen molar-refractivity contribution in [3.05, 3.63) is 0 Å². The maximum Gasteiger partial charge on any atom is 0.303 e. The second kappa shape index (κ2) is 3.44. The number of nitrogens with two attached hydrogens (primary N) is 1. The van der Waals surface area contributed by atoms with E-state index >= 15 is 0 Å². The summed E-state index contributed by atoms with van der Waals surface area (Å²) in [5.41, 5.74) is 5.51. The zero-order valence-corrected chi connectivity index (χ0v) is 7.55. The van der Waals surface area contributed by atoms with Crippen molar-refractivity contribution in [2.24, 2.45) is 17.1 Å². The Labute approximate surface area is 72.9 Å². The van der Waals surface area contributed by atoms with Crippen LogP contribution in [0.25, 0.3) is 0 Å². The number of carbonyl (C=O) groups is 1. The molecule has 0 aliphatic heterocycles. The number of hydrogen-bond donors (Lipinski definition) is 2. The van der Waals surface area contributed by atoms with Crippen LogP contribution in [0.4, 0.5) is 0 Å². The van der Waals surface area contributed by atoms with Crippen molar-refractivity contribution in [3.63, 3.8) is 0 Å². The van der Waals surface area contributed by atoms with Gasteiger partial charge in [0.2, 0.25) is 0 Å². The van der Waals surface area contributed by atoms with Gasteiger partial charge >= 0.3 is 5.97 Å². The lowest BCUT2D eigenvalue weighted by atomic mass is 9.59. The predicted octanol–water partition coefficient (Wildman–Crippen LogP) is 1.23. The molecule has 0 bridgehead atoms. The minimum Gasteiger partial charge on any atom is -0.481 e. The monoisotopic (exact) mass is 171 g/mol. The Bertz CT molecular complexity index is 173. The molecule has 0 unspecified atom stereocenters. The van der Waals surface area contributed by atoms with E-state index in [2.05, 4.69) is 6.92 Å². The molecule has 0 atom stereocenters. The Kier molecular flexibility index (Phi) is 2.73.